The number of nitrogens with one attached hydrogen (secondary N) is 1. The fourth-order valence-corrected chi connectivity index (χ4v) is 2.75. The van der Waals surface area contributed by atoms with Crippen LogP contribution >= 0.6 is 0 Å². The van der Waals surface area contributed by atoms with E-state index in [2.05, 4.69) is 5.32 Å². The normalized spacial score (nSPS) is 12.8. The summed E-state index contributed by atoms with van der Waals surface area (Å²) in [6.07, 6.45) is 0. The van der Waals surface area contributed by atoms with Crippen molar-refractivity contribution in [2.24, 2.45) is 0 Å². The predicted molar refractivity (Wildman–Crippen MR) is 66.2 cm³/mol. The molecule has 1 aromatic carbocycles. The first-order chi connectivity index (χ1) is 7.22. The number of rotatable bonds is 3. The fraction of sp³-hybridized carbons (Fsp3) is 0.500. The highest BCUT2D eigenvalue weighted by Crippen LogP contribution is 2.24. The van der Waals surface area contributed by atoms with Crippen LogP contribution in [0.4, 0.5) is 0 Å². The SMILES string of the molecule is CNC(C)(C)S(=O)(=O)c1ccc(C)c(C)c1. The summed E-state index contributed by atoms with van der Waals surface area (Å²) in [5, 5.41) is 2.83. The highest BCUT2D eigenvalue weighted by atomic mass is 32.2. The second kappa shape index (κ2) is 4.18. The third-order valence-corrected chi connectivity index (χ3v) is 5.48. The highest BCUT2D eigenvalue weighted by molar-refractivity contribution is 7.92. The molecule has 0 spiro atoms. The molecule has 0 amide bonds. The number of benzene rings is 1. The summed E-state index contributed by atoms with van der Waals surface area (Å²) in [6.45, 7) is 7.21. The van der Waals surface area contributed by atoms with Crippen LogP contribution in [0.2, 0.25) is 0 Å². The molecule has 3 nitrogen and oxygen atoms in total. The van der Waals surface area contributed by atoms with Crippen molar-refractivity contribution in [1.82, 2.24) is 5.32 Å². The molecule has 16 heavy (non-hydrogen) atoms. The van der Waals surface area contributed by atoms with Crippen molar-refractivity contribution in [2.45, 2.75) is 37.5 Å². The van der Waals surface area contributed by atoms with Gasteiger partial charge in [0, 0.05) is 0 Å². The molecule has 0 saturated carbocycles. The van der Waals surface area contributed by atoms with E-state index >= 15 is 0 Å². The van der Waals surface area contributed by atoms with E-state index in [0.29, 0.717) is 4.90 Å². The molecule has 0 unspecified atom stereocenters. The number of aryl methyl sites for hydroxylation is 2. The summed E-state index contributed by atoms with van der Waals surface area (Å²) in [4.78, 5) is -0.579. The maximum absolute atomic E-state index is 12.3. The first-order valence-corrected chi connectivity index (χ1v) is 6.71. The smallest absolute Gasteiger partial charge is 0.196 e. The summed E-state index contributed by atoms with van der Waals surface area (Å²) in [5.74, 6) is 0. The van der Waals surface area contributed by atoms with Gasteiger partial charge in [-0.05, 0) is 58.0 Å². The van der Waals surface area contributed by atoms with Gasteiger partial charge in [0.05, 0.1) is 4.90 Å². The van der Waals surface area contributed by atoms with Crippen LogP contribution in [0.1, 0.15) is 25.0 Å². The molecule has 0 aromatic heterocycles. The number of hydrogen-bond acceptors (Lipinski definition) is 3. The summed E-state index contributed by atoms with van der Waals surface area (Å²) in [6, 6.07) is 5.23. The van der Waals surface area contributed by atoms with E-state index in [1.807, 2.05) is 19.9 Å². The molecule has 0 radical (unpaired) electrons. The average molecular weight is 241 g/mol. The van der Waals surface area contributed by atoms with E-state index in [1.54, 1.807) is 33.0 Å². The lowest BCUT2D eigenvalue weighted by Crippen LogP contribution is -2.44. The van der Waals surface area contributed by atoms with Gasteiger partial charge in [0.1, 0.15) is 4.87 Å². The van der Waals surface area contributed by atoms with Gasteiger partial charge in [0.25, 0.3) is 0 Å². The third-order valence-electron chi connectivity index (χ3n) is 3.06. The molecule has 0 saturated heterocycles. The summed E-state index contributed by atoms with van der Waals surface area (Å²) in [7, 11) is -1.69. The topological polar surface area (TPSA) is 46.2 Å². The van der Waals surface area contributed by atoms with Crippen molar-refractivity contribution < 1.29 is 8.42 Å². The minimum absolute atomic E-state index is 0.370. The lowest BCUT2D eigenvalue weighted by molar-refractivity contribution is 0.510. The Labute approximate surface area is 97.8 Å². The van der Waals surface area contributed by atoms with E-state index in [9.17, 15) is 8.42 Å². The molecule has 0 aliphatic carbocycles. The Bertz CT molecular complexity index is 490. The number of sulfone groups is 1. The minimum Gasteiger partial charge on any atom is -0.302 e. The molecule has 4 heteroatoms. The molecule has 0 atom stereocenters. The maximum atomic E-state index is 12.3. The predicted octanol–water partition coefficient (Wildman–Crippen LogP) is 2.03. The van der Waals surface area contributed by atoms with E-state index < -0.39 is 14.7 Å². The lowest BCUT2D eigenvalue weighted by atomic mass is 10.1. The van der Waals surface area contributed by atoms with Crippen molar-refractivity contribution in [1.29, 1.82) is 0 Å². The lowest BCUT2D eigenvalue weighted by Gasteiger charge is -2.24. The molecule has 90 valence electrons. The molecule has 0 aliphatic heterocycles. The van der Waals surface area contributed by atoms with E-state index in [0.717, 1.165) is 11.1 Å². The van der Waals surface area contributed by atoms with Crippen LogP contribution in [-0.2, 0) is 9.84 Å². The van der Waals surface area contributed by atoms with Crippen molar-refractivity contribution in [3.8, 4) is 0 Å². The van der Waals surface area contributed by atoms with Crippen LogP contribution in [-0.4, -0.2) is 20.3 Å². The largest absolute Gasteiger partial charge is 0.302 e. The van der Waals surface area contributed by atoms with Gasteiger partial charge < -0.3 is 5.32 Å². The fourth-order valence-electron chi connectivity index (χ4n) is 1.31. The van der Waals surface area contributed by atoms with Crippen molar-refractivity contribution in [2.75, 3.05) is 7.05 Å². The van der Waals surface area contributed by atoms with Crippen LogP contribution in [0, 0.1) is 13.8 Å². The van der Waals surface area contributed by atoms with Gasteiger partial charge in [-0.25, -0.2) is 8.42 Å². The first kappa shape index (κ1) is 13.2. The second-order valence-corrected chi connectivity index (χ2v) is 7.01. The summed E-state index contributed by atoms with van der Waals surface area (Å²) >= 11 is 0. The van der Waals surface area contributed by atoms with Gasteiger partial charge in [-0.15, -0.1) is 0 Å². The van der Waals surface area contributed by atoms with Crippen LogP contribution in [0.15, 0.2) is 23.1 Å². The molecular weight excluding hydrogens is 222 g/mol. The Balaban J connectivity index is 3.34. The second-order valence-electron chi connectivity index (χ2n) is 4.51. The zero-order valence-electron chi connectivity index (χ0n) is 10.5. The summed E-state index contributed by atoms with van der Waals surface area (Å²) < 4.78 is 24.6. The van der Waals surface area contributed by atoms with Gasteiger partial charge >= 0.3 is 0 Å². The molecular formula is C12H19NO2S. The number of hydrogen-bond donors (Lipinski definition) is 1. The maximum Gasteiger partial charge on any atom is 0.196 e. The van der Waals surface area contributed by atoms with Crippen molar-refractivity contribution in [3.05, 3.63) is 29.3 Å². The Morgan fingerprint density at radius 1 is 1.12 bits per heavy atom. The zero-order valence-corrected chi connectivity index (χ0v) is 11.3. The molecule has 1 aromatic rings. The van der Waals surface area contributed by atoms with Crippen LogP contribution < -0.4 is 5.32 Å². The van der Waals surface area contributed by atoms with Crippen LogP contribution in [0.5, 0.6) is 0 Å². The van der Waals surface area contributed by atoms with Gasteiger partial charge in [-0.3, -0.25) is 0 Å². The first-order valence-electron chi connectivity index (χ1n) is 5.23. The van der Waals surface area contributed by atoms with E-state index in [4.69, 9.17) is 0 Å². The van der Waals surface area contributed by atoms with Crippen LogP contribution in [0.3, 0.4) is 0 Å². The van der Waals surface area contributed by atoms with Gasteiger partial charge in [0.15, 0.2) is 9.84 Å². The highest BCUT2D eigenvalue weighted by Gasteiger charge is 2.34. The molecule has 0 aliphatic rings. The minimum atomic E-state index is -3.34. The standard InChI is InChI=1S/C12H19NO2S/c1-9-6-7-11(8-10(9)2)16(14,15)12(3,4)13-5/h6-8,13H,1-5H3. The Hall–Kier alpha value is -0.870. The Kier molecular flexibility index (Phi) is 3.45. The van der Waals surface area contributed by atoms with Gasteiger partial charge in [0.2, 0.25) is 0 Å². The molecule has 0 heterocycles. The molecule has 1 N–H and O–H groups in total. The Morgan fingerprint density at radius 3 is 2.12 bits per heavy atom. The third kappa shape index (κ3) is 2.13. The molecule has 0 fully saturated rings. The molecule has 1 rings (SSSR count). The average Bonchev–Trinajstić information content (AvgIpc) is 2.21. The monoisotopic (exact) mass is 241 g/mol. The van der Waals surface area contributed by atoms with Crippen molar-refractivity contribution in [3.63, 3.8) is 0 Å². The van der Waals surface area contributed by atoms with Crippen molar-refractivity contribution >= 4 is 9.84 Å². The van der Waals surface area contributed by atoms with Gasteiger partial charge in [-0.1, -0.05) is 6.07 Å². The van der Waals surface area contributed by atoms with Crippen LogP contribution in [0.25, 0.3) is 0 Å². The zero-order chi connectivity index (χ0) is 12.6. The van der Waals surface area contributed by atoms with E-state index in [1.165, 1.54) is 0 Å². The molecule has 0 bridgehead atoms. The quantitative estimate of drug-likeness (QED) is 0.880. The van der Waals surface area contributed by atoms with E-state index in [-0.39, 0.29) is 0 Å². The van der Waals surface area contributed by atoms with Gasteiger partial charge in [-0.2, -0.15) is 0 Å². The Morgan fingerprint density at radius 2 is 1.69 bits per heavy atom. The summed E-state index contributed by atoms with van der Waals surface area (Å²) in [5.41, 5.74) is 2.09.